The number of benzene rings is 1. The predicted octanol–water partition coefficient (Wildman–Crippen LogP) is 2.56. The van der Waals surface area contributed by atoms with E-state index in [2.05, 4.69) is 25.7 Å². The van der Waals surface area contributed by atoms with Crippen molar-refractivity contribution in [2.75, 3.05) is 10.6 Å². The number of aryl methyl sites for hydroxylation is 1. The minimum atomic E-state index is -0.180. The molecule has 0 fully saturated rings. The van der Waals surface area contributed by atoms with Crippen LogP contribution in [-0.2, 0) is 22.6 Å². The van der Waals surface area contributed by atoms with Gasteiger partial charge in [0.2, 0.25) is 11.8 Å². The number of nitrogens with zero attached hydrogens (tertiary/aromatic N) is 4. The van der Waals surface area contributed by atoms with Crippen molar-refractivity contribution >= 4 is 33.3 Å². The highest BCUT2D eigenvalue weighted by Crippen LogP contribution is 2.36. The maximum absolute atomic E-state index is 12.7. The highest BCUT2D eigenvalue weighted by atomic mass is 32.1. The Bertz CT molecular complexity index is 981. The van der Waals surface area contributed by atoms with Gasteiger partial charge in [0.05, 0.1) is 0 Å². The highest BCUT2D eigenvalue weighted by Gasteiger charge is 2.27. The average Bonchev–Trinajstić information content (AvgIpc) is 3.28. The SMILES string of the molecule is CC(=O)Nc1sc(NC(=O)C2CCn3ncnc3C2)nc1-c1ccccc1. The molecule has 1 aliphatic rings. The molecule has 0 spiro atoms. The van der Waals surface area contributed by atoms with Crippen LogP contribution >= 0.6 is 11.3 Å². The molecule has 4 rings (SSSR count). The number of carbonyl (C=O) groups is 2. The smallest absolute Gasteiger partial charge is 0.229 e. The van der Waals surface area contributed by atoms with Crippen LogP contribution in [-0.4, -0.2) is 31.6 Å². The first-order valence-electron chi connectivity index (χ1n) is 8.61. The van der Waals surface area contributed by atoms with Gasteiger partial charge in [-0.15, -0.1) is 0 Å². The fraction of sp³-hybridized carbons (Fsp3) is 0.278. The van der Waals surface area contributed by atoms with Gasteiger partial charge in [0.15, 0.2) is 5.13 Å². The fourth-order valence-electron chi connectivity index (χ4n) is 3.07. The zero-order chi connectivity index (χ0) is 18.8. The number of hydrogen-bond acceptors (Lipinski definition) is 6. The lowest BCUT2D eigenvalue weighted by Gasteiger charge is -2.20. The number of carbonyl (C=O) groups excluding carboxylic acids is 2. The van der Waals surface area contributed by atoms with Crippen LogP contribution in [0.1, 0.15) is 19.2 Å². The lowest BCUT2D eigenvalue weighted by Crippen LogP contribution is -2.30. The lowest BCUT2D eigenvalue weighted by atomic mass is 9.97. The maximum Gasteiger partial charge on any atom is 0.229 e. The van der Waals surface area contributed by atoms with Gasteiger partial charge in [-0.2, -0.15) is 5.10 Å². The van der Waals surface area contributed by atoms with Crippen molar-refractivity contribution in [2.45, 2.75) is 26.3 Å². The van der Waals surface area contributed by atoms with Gasteiger partial charge in [0.1, 0.15) is 22.8 Å². The Labute approximate surface area is 159 Å². The van der Waals surface area contributed by atoms with Crippen LogP contribution in [0.5, 0.6) is 0 Å². The molecule has 8 nitrogen and oxygen atoms in total. The monoisotopic (exact) mass is 382 g/mol. The molecule has 3 heterocycles. The zero-order valence-corrected chi connectivity index (χ0v) is 15.5. The molecule has 9 heteroatoms. The summed E-state index contributed by atoms with van der Waals surface area (Å²) in [5, 5.41) is 10.9. The number of rotatable bonds is 4. The number of hydrogen-bond donors (Lipinski definition) is 2. The number of anilines is 2. The van der Waals surface area contributed by atoms with Crippen molar-refractivity contribution in [2.24, 2.45) is 5.92 Å². The van der Waals surface area contributed by atoms with Crippen LogP contribution in [0.4, 0.5) is 10.1 Å². The van der Waals surface area contributed by atoms with Gasteiger partial charge in [-0.25, -0.2) is 9.97 Å². The van der Waals surface area contributed by atoms with Crippen LogP contribution in [0.3, 0.4) is 0 Å². The largest absolute Gasteiger partial charge is 0.316 e. The molecular formula is C18H18N6O2S. The van der Waals surface area contributed by atoms with E-state index in [1.165, 1.54) is 24.6 Å². The summed E-state index contributed by atoms with van der Waals surface area (Å²) in [4.78, 5) is 33.0. The van der Waals surface area contributed by atoms with Crippen LogP contribution in [0, 0.1) is 5.92 Å². The van der Waals surface area contributed by atoms with E-state index in [9.17, 15) is 9.59 Å². The number of thiazole rings is 1. The number of amides is 2. The summed E-state index contributed by atoms with van der Waals surface area (Å²) in [5.74, 6) is 0.381. The van der Waals surface area contributed by atoms with Crippen molar-refractivity contribution < 1.29 is 9.59 Å². The molecule has 27 heavy (non-hydrogen) atoms. The number of fused-ring (bicyclic) bond motifs is 1. The van der Waals surface area contributed by atoms with Crippen LogP contribution < -0.4 is 10.6 Å². The zero-order valence-electron chi connectivity index (χ0n) is 14.7. The molecule has 0 radical (unpaired) electrons. The quantitative estimate of drug-likeness (QED) is 0.722. The molecule has 0 saturated heterocycles. The Balaban J connectivity index is 1.54. The summed E-state index contributed by atoms with van der Waals surface area (Å²) >= 11 is 1.25. The van der Waals surface area contributed by atoms with Crippen molar-refractivity contribution in [1.29, 1.82) is 0 Å². The van der Waals surface area contributed by atoms with Gasteiger partial charge in [-0.3, -0.25) is 14.3 Å². The van der Waals surface area contributed by atoms with Crippen molar-refractivity contribution in [3.05, 3.63) is 42.5 Å². The van der Waals surface area contributed by atoms with Gasteiger partial charge in [-0.1, -0.05) is 41.7 Å². The number of aromatic nitrogens is 4. The maximum atomic E-state index is 12.7. The van der Waals surface area contributed by atoms with Crippen molar-refractivity contribution in [3.8, 4) is 11.3 Å². The topological polar surface area (TPSA) is 102 Å². The third-order valence-corrected chi connectivity index (χ3v) is 5.27. The van der Waals surface area contributed by atoms with E-state index in [1.807, 2.05) is 35.0 Å². The van der Waals surface area contributed by atoms with Gasteiger partial charge in [-0.05, 0) is 6.42 Å². The Hall–Kier alpha value is -3.07. The van der Waals surface area contributed by atoms with Gasteiger partial charge >= 0.3 is 0 Å². The standard InChI is InChI=1S/C18H18N6O2S/c1-11(25)21-17-15(12-5-3-2-4-6-12)22-18(27-17)23-16(26)13-7-8-24-14(9-13)19-10-20-24/h2-6,10,13H,7-9H2,1H3,(H,21,25)(H,22,23,26). The van der Waals surface area contributed by atoms with Crippen molar-refractivity contribution in [3.63, 3.8) is 0 Å². The molecule has 0 saturated carbocycles. The molecule has 0 bridgehead atoms. The van der Waals surface area contributed by atoms with Gasteiger partial charge < -0.3 is 10.6 Å². The molecule has 2 N–H and O–H groups in total. The minimum absolute atomic E-state index is 0.0908. The predicted molar refractivity (Wildman–Crippen MR) is 102 cm³/mol. The van der Waals surface area contributed by atoms with E-state index in [1.54, 1.807) is 0 Å². The summed E-state index contributed by atoms with van der Waals surface area (Å²) in [5.41, 5.74) is 1.53. The molecule has 1 aliphatic heterocycles. The van der Waals surface area contributed by atoms with E-state index in [4.69, 9.17) is 0 Å². The second-order valence-corrected chi connectivity index (χ2v) is 7.32. The van der Waals surface area contributed by atoms with Crippen LogP contribution in [0.25, 0.3) is 11.3 Å². The minimum Gasteiger partial charge on any atom is -0.316 e. The Morgan fingerprint density at radius 2 is 2.04 bits per heavy atom. The summed E-state index contributed by atoms with van der Waals surface area (Å²) in [6.07, 6.45) is 2.78. The third kappa shape index (κ3) is 3.72. The van der Waals surface area contributed by atoms with E-state index >= 15 is 0 Å². The third-order valence-electron chi connectivity index (χ3n) is 4.38. The van der Waals surface area contributed by atoms with E-state index < -0.39 is 0 Å². The van der Waals surface area contributed by atoms with E-state index in [0.29, 0.717) is 35.2 Å². The Kier molecular flexibility index (Phi) is 4.68. The normalized spacial score (nSPS) is 15.8. The molecule has 2 aromatic heterocycles. The molecule has 0 aliphatic carbocycles. The summed E-state index contributed by atoms with van der Waals surface area (Å²) in [6.45, 7) is 2.13. The summed E-state index contributed by atoms with van der Waals surface area (Å²) in [7, 11) is 0. The Morgan fingerprint density at radius 3 is 2.81 bits per heavy atom. The summed E-state index contributed by atoms with van der Waals surface area (Å²) in [6, 6.07) is 9.56. The first kappa shape index (κ1) is 17.3. The van der Waals surface area contributed by atoms with Crippen LogP contribution in [0.15, 0.2) is 36.7 Å². The fourth-order valence-corrected chi connectivity index (χ4v) is 4.01. The van der Waals surface area contributed by atoms with Gasteiger partial charge in [0.25, 0.3) is 0 Å². The first-order valence-corrected chi connectivity index (χ1v) is 9.43. The molecule has 2 amide bonds. The molecular weight excluding hydrogens is 364 g/mol. The molecule has 3 aromatic rings. The van der Waals surface area contributed by atoms with Crippen molar-refractivity contribution in [1.82, 2.24) is 19.7 Å². The Morgan fingerprint density at radius 1 is 1.22 bits per heavy atom. The average molecular weight is 382 g/mol. The van der Waals surface area contributed by atoms with Gasteiger partial charge in [0, 0.05) is 31.4 Å². The lowest BCUT2D eigenvalue weighted by molar-refractivity contribution is -0.120. The van der Waals surface area contributed by atoms with E-state index in [0.717, 1.165) is 11.4 Å². The number of nitrogens with one attached hydrogen (secondary N) is 2. The molecule has 1 unspecified atom stereocenters. The first-order chi connectivity index (χ1) is 13.1. The molecule has 138 valence electrons. The highest BCUT2D eigenvalue weighted by molar-refractivity contribution is 7.20. The van der Waals surface area contributed by atoms with Crippen LogP contribution in [0.2, 0.25) is 0 Å². The van der Waals surface area contributed by atoms with E-state index in [-0.39, 0.29) is 17.7 Å². The second-order valence-electron chi connectivity index (χ2n) is 6.32. The molecule has 1 atom stereocenters. The second kappa shape index (κ2) is 7.28. The summed E-state index contributed by atoms with van der Waals surface area (Å²) < 4.78 is 1.83. The molecule has 1 aromatic carbocycles.